The van der Waals surface area contributed by atoms with Crippen molar-refractivity contribution in [1.29, 1.82) is 0 Å². The summed E-state index contributed by atoms with van der Waals surface area (Å²) in [6.07, 6.45) is 18.6. The number of aliphatic hydroxyl groups excluding tert-OH is 1. The van der Waals surface area contributed by atoms with Gasteiger partial charge in [-0.3, -0.25) is 4.79 Å². The van der Waals surface area contributed by atoms with E-state index in [2.05, 4.69) is 54.3 Å². The lowest BCUT2D eigenvalue weighted by Gasteiger charge is -2.26. The molecule has 1 saturated heterocycles. The largest absolute Gasteiger partial charge is 0.392 e. The Morgan fingerprint density at radius 2 is 2.00 bits per heavy atom. The van der Waals surface area contributed by atoms with Gasteiger partial charge in [0.1, 0.15) is 0 Å². The maximum absolute atomic E-state index is 12.3. The Labute approximate surface area is 194 Å². The second kappa shape index (κ2) is 11.3. The predicted octanol–water partition coefficient (Wildman–Crippen LogP) is 6.00. The van der Waals surface area contributed by atoms with E-state index in [4.69, 9.17) is 0 Å². The number of unbranched alkanes of at least 4 members (excludes halogenated alkanes) is 1. The van der Waals surface area contributed by atoms with Crippen LogP contribution in [0.4, 0.5) is 0 Å². The number of aryl methyl sites for hydroxylation is 2. The highest BCUT2D eigenvalue weighted by Crippen LogP contribution is 2.48. The second-order valence-electron chi connectivity index (χ2n) is 10.3. The Balaban J connectivity index is 1.17. The molecule has 0 radical (unpaired) electrons. The van der Waals surface area contributed by atoms with Gasteiger partial charge in [0.25, 0.3) is 0 Å². The number of rotatable bonds is 9. The molecule has 1 heterocycles. The number of carbonyl (C=O) groups is 1. The number of aliphatic hydroxyl groups is 1. The SMILES string of the molecule is Cc1cccc(CCC=C[C@@H]2[C@H]3CC(CCCCC(=O)N4CCCCC4)=C[C@H]3C[C@H]2O)c1. The second-order valence-corrected chi connectivity index (χ2v) is 10.3. The van der Waals surface area contributed by atoms with Gasteiger partial charge in [-0.25, -0.2) is 0 Å². The first-order valence-corrected chi connectivity index (χ1v) is 13.0. The van der Waals surface area contributed by atoms with Crippen molar-refractivity contribution in [3.63, 3.8) is 0 Å². The molecule has 2 aliphatic carbocycles. The van der Waals surface area contributed by atoms with Gasteiger partial charge in [0.05, 0.1) is 6.10 Å². The van der Waals surface area contributed by atoms with Gasteiger partial charge in [0.2, 0.25) is 5.91 Å². The molecule has 2 fully saturated rings. The van der Waals surface area contributed by atoms with E-state index in [0.29, 0.717) is 30.1 Å². The zero-order valence-corrected chi connectivity index (χ0v) is 19.8. The van der Waals surface area contributed by atoms with Crippen molar-refractivity contribution in [3.05, 3.63) is 59.2 Å². The fourth-order valence-corrected chi connectivity index (χ4v) is 6.09. The lowest BCUT2D eigenvalue weighted by atomic mass is 9.88. The monoisotopic (exact) mass is 435 g/mol. The molecule has 1 saturated carbocycles. The van der Waals surface area contributed by atoms with E-state index < -0.39 is 0 Å². The number of hydrogen-bond acceptors (Lipinski definition) is 2. The van der Waals surface area contributed by atoms with Crippen LogP contribution in [0.25, 0.3) is 0 Å². The molecule has 174 valence electrons. The van der Waals surface area contributed by atoms with Crippen LogP contribution < -0.4 is 0 Å². The van der Waals surface area contributed by atoms with E-state index in [1.54, 1.807) is 5.57 Å². The molecule has 32 heavy (non-hydrogen) atoms. The molecular formula is C29H41NO2. The Hall–Kier alpha value is -1.87. The molecule has 1 aromatic carbocycles. The standard InChI is InChI=1S/C29H41NO2/c1-22-10-9-13-23(18-22)11-3-5-14-26-27-20-24(19-25(27)21-28(26)31)12-4-6-15-29(32)30-16-7-2-8-17-30/h5,9-10,13-14,18-19,25-28,31H,2-4,6-8,11-12,15-17,20-21H2,1H3/t25-,26+,27-,28+/m0/s1. The zero-order valence-electron chi connectivity index (χ0n) is 19.8. The van der Waals surface area contributed by atoms with Crippen molar-refractivity contribution < 1.29 is 9.90 Å². The van der Waals surface area contributed by atoms with E-state index in [9.17, 15) is 9.90 Å². The maximum atomic E-state index is 12.3. The number of carbonyl (C=O) groups excluding carboxylic acids is 1. The summed E-state index contributed by atoms with van der Waals surface area (Å²) in [5.41, 5.74) is 4.28. The van der Waals surface area contributed by atoms with Crippen LogP contribution in [-0.2, 0) is 11.2 Å². The van der Waals surface area contributed by atoms with Crippen molar-refractivity contribution in [2.24, 2.45) is 17.8 Å². The Morgan fingerprint density at radius 3 is 2.81 bits per heavy atom. The summed E-state index contributed by atoms with van der Waals surface area (Å²) in [7, 11) is 0. The Bertz CT molecular complexity index is 820. The van der Waals surface area contributed by atoms with Gasteiger partial charge in [-0.2, -0.15) is 0 Å². The fourth-order valence-electron chi connectivity index (χ4n) is 6.09. The summed E-state index contributed by atoms with van der Waals surface area (Å²) in [4.78, 5) is 14.4. The van der Waals surface area contributed by atoms with E-state index in [-0.39, 0.29) is 6.10 Å². The summed E-state index contributed by atoms with van der Waals surface area (Å²) < 4.78 is 0. The molecule has 4 rings (SSSR count). The average Bonchev–Trinajstić information content (AvgIpc) is 3.31. The summed E-state index contributed by atoms with van der Waals surface area (Å²) in [5, 5.41) is 10.6. The molecule has 0 aromatic heterocycles. The topological polar surface area (TPSA) is 40.5 Å². The van der Waals surface area contributed by atoms with Gasteiger partial charge >= 0.3 is 0 Å². The highest BCUT2D eigenvalue weighted by Gasteiger charge is 2.43. The molecule has 1 aliphatic heterocycles. The van der Waals surface area contributed by atoms with Crippen LogP contribution in [-0.4, -0.2) is 35.1 Å². The van der Waals surface area contributed by atoms with Crippen molar-refractivity contribution in [1.82, 2.24) is 4.90 Å². The van der Waals surface area contributed by atoms with Gasteiger partial charge in [-0.15, -0.1) is 0 Å². The predicted molar refractivity (Wildman–Crippen MR) is 131 cm³/mol. The highest BCUT2D eigenvalue weighted by molar-refractivity contribution is 5.76. The van der Waals surface area contributed by atoms with Crippen LogP contribution >= 0.6 is 0 Å². The minimum absolute atomic E-state index is 0.194. The number of piperidine rings is 1. The summed E-state index contributed by atoms with van der Waals surface area (Å²) in [6.45, 7) is 4.08. The molecule has 0 unspecified atom stereocenters. The molecule has 1 N–H and O–H groups in total. The minimum atomic E-state index is -0.194. The fraction of sp³-hybridized carbons (Fsp3) is 0.621. The number of likely N-dealkylation sites (tertiary alicyclic amines) is 1. The first-order valence-electron chi connectivity index (χ1n) is 13.0. The molecule has 0 bridgehead atoms. The Kier molecular flexibility index (Phi) is 8.24. The molecule has 1 amide bonds. The first kappa shape index (κ1) is 23.3. The van der Waals surface area contributed by atoms with Crippen molar-refractivity contribution in [2.45, 2.75) is 83.7 Å². The van der Waals surface area contributed by atoms with E-state index in [1.165, 1.54) is 30.4 Å². The van der Waals surface area contributed by atoms with Gasteiger partial charge < -0.3 is 10.0 Å². The van der Waals surface area contributed by atoms with E-state index in [0.717, 1.165) is 58.0 Å². The quantitative estimate of drug-likeness (QED) is 0.382. The zero-order chi connectivity index (χ0) is 22.3. The third-order valence-electron chi connectivity index (χ3n) is 7.84. The number of fused-ring (bicyclic) bond motifs is 1. The number of nitrogens with zero attached hydrogens (tertiary/aromatic N) is 1. The van der Waals surface area contributed by atoms with Crippen LogP contribution in [0.5, 0.6) is 0 Å². The van der Waals surface area contributed by atoms with Crippen LogP contribution in [0.3, 0.4) is 0 Å². The van der Waals surface area contributed by atoms with Gasteiger partial charge in [0.15, 0.2) is 0 Å². The van der Waals surface area contributed by atoms with Gasteiger partial charge in [-0.05, 0) is 88.5 Å². The molecule has 1 aromatic rings. The van der Waals surface area contributed by atoms with Gasteiger partial charge in [0, 0.05) is 25.4 Å². The molecule has 4 atom stereocenters. The van der Waals surface area contributed by atoms with E-state index >= 15 is 0 Å². The highest BCUT2D eigenvalue weighted by atomic mass is 16.3. The van der Waals surface area contributed by atoms with Gasteiger partial charge in [-0.1, -0.05) is 53.6 Å². The lowest BCUT2D eigenvalue weighted by molar-refractivity contribution is -0.132. The molecule has 3 nitrogen and oxygen atoms in total. The summed E-state index contributed by atoms with van der Waals surface area (Å²) in [5.74, 6) is 1.78. The van der Waals surface area contributed by atoms with Crippen LogP contribution in [0.2, 0.25) is 0 Å². The summed E-state index contributed by atoms with van der Waals surface area (Å²) >= 11 is 0. The van der Waals surface area contributed by atoms with Crippen LogP contribution in [0, 0.1) is 24.7 Å². The average molecular weight is 436 g/mol. The van der Waals surface area contributed by atoms with Crippen molar-refractivity contribution in [2.75, 3.05) is 13.1 Å². The number of allylic oxidation sites excluding steroid dienone is 3. The first-order chi connectivity index (χ1) is 15.6. The third kappa shape index (κ3) is 6.13. The smallest absolute Gasteiger partial charge is 0.222 e. The Morgan fingerprint density at radius 1 is 1.16 bits per heavy atom. The van der Waals surface area contributed by atoms with Crippen LogP contribution in [0.1, 0.15) is 75.3 Å². The van der Waals surface area contributed by atoms with E-state index in [1.807, 2.05) is 0 Å². The maximum Gasteiger partial charge on any atom is 0.222 e. The lowest BCUT2D eigenvalue weighted by Crippen LogP contribution is -2.35. The normalized spacial score (nSPS) is 27.7. The third-order valence-corrected chi connectivity index (χ3v) is 7.84. The summed E-state index contributed by atoms with van der Waals surface area (Å²) in [6, 6.07) is 8.75. The van der Waals surface area contributed by atoms with Crippen molar-refractivity contribution >= 4 is 5.91 Å². The minimum Gasteiger partial charge on any atom is -0.392 e. The molecule has 0 spiro atoms. The molecule has 3 aliphatic rings. The molecule has 3 heteroatoms. The van der Waals surface area contributed by atoms with Crippen LogP contribution in [0.15, 0.2) is 48.1 Å². The number of amides is 1. The number of hydrogen-bond donors (Lipinski definition) is 1. The number of benzene rings is 1. The molecular weight excluding hydrogens is 394 g/mol. The van der Waals surface area contributed by atoms with Crippen molar-refractivity contribution in [3.8, 4) is 0 Å².